The first kappa shape index (κ1) is 42.9. The molecule has 0 aliphatic rings. The van der Waals surface area contributed by atoms with Crippen molar-refractivity contribution < 1.29 is 19.3 Å². The molecule has 2 aromatic carbocycles. The van der Waals surface area contributed by atoms with E-state index in [-0.39, 0.29) is 23.9 Å². The Morgan fingerprint density at radius 2 is 0.966 bits per heavy atom. The minimum absolute atomic E-state index is 0.197. The SMILES string of the molecule is CONC(=O)c1ccccc1Nc1cc(Nc2cc(C)nn2C(C)C)ncc1Cl.CONC(=O)c1ccccc1Nc1cc(Nc2cc(C)nn2C(C)C)ncc1Cl. The number of nitrogens with one attached hydrogen (secondary N) is 6. The fourth-order valence-electron chi connectivity index (χ4n) is 5.64. The number of aryl methyl sites for hydroxylation is 2. The largest absolute Gasteiger partial charge is 0.353 e. The number of carbonyl (C=O) groups excluding carboxylic acids is 2. The summed E-state index contributed by atoms with van der Waals surface area (Å²) >= 11 is 12.7. The van der Waals surface area contributed by atoms with E-state index in [2.05, 4.69) is 80.1 Å². The summed E-state index contributed by atoms with van der Waals surface area (Å²) in [6.45, 7) is 12.1. The van der Waals surface area contributed by atoms with Gasteiger partial charge in [-0.15, -0.1) is 0 Å². The van der Waals surface area contributed by atoms with E-state index in [1.54, 1.807) is 60.9 Å². The van der Waals surface area contributed by atoms with E-state index in [0.29, 0.717) is 55.6 Å². The number of halogens is 2. The summed E-state index contributed by atoms with van der Waals surface area (Å²) in [7, 11) is 2.77. The lowest BCUT2D eigenvalue weighted by molar-refractivity contribution is 0.0534. The highest BCUT2D eigenvalue weighted by Gasteiger charge is 2.16. The second-order valence-electron chi connectivity index (χ2n) is 13.4. The topological polar surface area (TPSA) is 186 Å². The lowest BCUT2D eigenvalue weighted by atomic mass is 10.1. The van der Waals surface area contributed by atoms with Crippen molar-refractivity contribution in [3.05, 3.63) is 118 Å². The molecule has 0 saturated carbocycles. The molecule has 0 atom stereocenters. The maximum Gasteiger partial charge on any atom is 0.276 e. The minimum atomic E-state index is -0.365. The van der Waals surface area contributed by atoms with Gasteiger partial charge in [-0.05, 0) is 65.8 Å². The van der Waals surface area contributed by atoms with Crippen LogP contribution >= 0.6 is 23.2 Å². The van der Waals surface area contributed by atoms with Crippen LogP contribution in [0.2, 0.25) is 10.0 Å². The molecular formula is C40H46Cl2N12O4. The van der Waals surface area contributed by atoms with Crippen LogP contribution in [-0.4, -0.2) is 55.6 Å². The maximum atomic E-state index is 12.2. The van der Waals surface area contributed by atoms with Crippen LogP contribution in [0.25, 0.3) is 0 Å². The molecule has 0 spiro atoms. The molecule has 0 unspecified atom stereocenters. The summed E-state index contributed by atoms with van der Waals surface area (Å²) in [6.07, 6.45) is 3.10. The van der Waals surface area contributed by atoms with Gasteiger partial charge in [0.25, 0.3) is 11.8 Å². The number of rotatable bonds is 14. The second-order valence-corrected chi connectivity index (χ2v) is 14.2. The predicted octanol–water partition coefficient (Wildman–Crippen LogP) is 9.20. The van der Waals surface area contributed by atoms with E-state index in [9.17, 15) is 9.59 Å². The molecule has 0 aliphatic heterocycles. The van der Waals surface area contributed by atoms with Gasteiger partial charge < -0.3 is 21.3 Å². The monoisotopic (exact) mass is 828 g/mol. The van der Waals surface area contributed by atoms with Crippen molar-refractivity contribution in [1.29, 1.82) is 0 Å². The van der Waals surface area contributed by atoms with Gasteiger partial charge in [0.2, 0.25) is 0 Å². The minimum Gasteiger partial charge on any atom is -0.353 e. The number of hydrogen-bond acceptors (Lipinski definition) is 12. The van der Waals surface area contributed by atoms with Gasteiger partial charge in [-0.1, -0.05) is 47.5 Å². The molecule has 6 rings (SSSR count). The van der Waals surface area contributed by atoms with Crippen molar-refractivity contribution in [3.8, 4) is 0 Å². The Labute approximate surface area is 346 Å². The molecule has 4 heterocycles. The van der Waals surface area contributed by atoms with Gasteiger partial charge in [0, 0.05) is 36.3 Å². The van der Waals surface area contributed by atoms with Crippen LogP contribution < -0.4 is 32.2 Å². The first-order chi connectivity index (χ1) is 27.8. The average Bonchev–Trinajstić information content (AvgIpc) is 3.76. The van der Waals surface area contributed by atoms with Gasteiger partial charge in [0.1, 0.15) is 23.3 Å². The normalized spacial score (nSPS) is 10.8. The smallest absolute Gasteiger partial charge is 0.276 e. The second kappa shape index (κ2) is 19.8. The number of benzene rings is 2. The molecule has 0 bridgehead atoms. The van der Waals surface area contributed by atoms with Crippen LogP contribution in [0, 0.1) is 13.8 Å². The van der Waals surface area contributed by atoms with Crippen molar-refractivity contribution in [1.82, 2.24) is 40.5 Å². The third kappa shape index (κ3) is 11.0. The molecule has 6 aromatic rings. The highest BCUT2D eigenvalue weighted by molar-refractivity contribution is 6.33. The zero-order valence-electron chi connectivity index (χ0n) is 33.3. The quantitative estimate of drug-likeness (QED) is 0.0573. The van der Waals surface area contributed by atoms with Gasteiger partial charge in [0.05, 0.1) is 81.9 Å². The Hall–Kier alpha value is -6.20. The molecule has 18 heteroatoms. The van der Waals surface area contributed by atoms with E-state index >= 15 is 0 Å². The van der Waals surface area contributed by atoms with Crippen molar-refractivity contribution >= 4 is 81.0 Å². The molecule has 304 valence electrons. The molecule has 0 radical (unpaired) electrons. The van der Waals surface area contributed by atoms with E-state index in [0.717, 1.165) is 23.0 Å². The molecular weight excluding hydrogens is 783 g/mol. The average molecular weight is 830 g/mol. The maximum absolute atomic E-state index is 12.2. The van der Waals surface area contributed by atoms with Crippen molar-refractivity contribution in [2.24, 2.45) is 0 Å². The number of pyridine rings is 2. The lowest BCUT2D eigenvalue weighted by Crippen LogP contribution is -2.22. The van der Waals surface area contributed by atoms with Gasteiger partial charge in [-0.3, -0.25) is 19.3 Å². The Balaban J connectivity index is 0.000000221. The van der Waals surface area contributed by atoms with Gasteiger partial charge in [0.15, 0.2) is 0 Å². The third-order valence-corrected chi connectivity index (χ3v) is 8.79. The van der Waals surface area contributed by atoms with Crippen molar-refractivity contribution in [2.45, 2.75) is 53.6 Å². The molecule has 6 N–H and O–H groups in total. The molecule has 0 fully saturated rings. The predicted molar refractivity (Wildman–Crippen MR) is 228 cm³/mol. The Bertz CT molecular complexity index is 2200. The van der Waals surface area contributed by atoms with Gasteiger partial charge in [-0.2, -0.15) is 10.2 Å². The van der Waals surface area contributed by atoms with E-state index in [1.165, 1.54) is 14.2 Å². The first-order valence-corrected chi connectivity index (χ1v) is 18.9. The molecule has 4 aromatic heterocycles. The molecule has 0 saturated heterocycles. The van der Waals surface area contributed by atoms with E-state index in [4.69, 9.17) is 32.9 Å². The summed E-state index contributed by atoms with van der Waals surface area (Å²) < 4.78 is 3.78. The molecule has 58 heavy (non-hydrogen) atoms. The fourth-order valence-corrected chi connectivity index (χ4v) is 5.94. The molecule has 16 nitrogen and oxygen atoms in total. The number of para-hydroxylation sites is 2. The van der Waals surface area contributed by atoms with Crippen LogP contribution in [0.1, 0.15) is 71.9 Å². The van der Waals surface area contributed by atoms with Crippen molar-refractivity contribution in [3.63, 3.8) is 0 Å². The van der Waals surface area contributed by atoms with Crippen LogP contribution in [0.3, 0.4) is 0 Å². The number of aromatic nitrogens is 6. The van der Waals surface area contributed by atoms with Crippen LogP contribution in [0.4, 0.5) is 46.0 Å². The number of hydrogen-bond donors (Lipinski definition) is 6. The lowest BCUT2D eigenvalue weighted by Gasteiger charge is -2.15. The Morgan fingerprint density at radius 3 is 1.33 bits per heavy atom. The van der Waals surface area contributed by atoms with Gasteiger partial charge in [-0.25, -0.2) is 30.3 Å². The summed E-state index contributed by atoms with van der Waals surface area (Å²) in [5.74, 6) is 2.12. The summed E-state index contributed by atoms with van der Waals surface area (Å²) in [5, 5.41) is 22.8. The van der Waals surface area contributed by atoms with E-state index in [1.807, 2.05) is 47.5 Å². The Kier molecular flexibility index (Phi) is 14.6. The number of hydroxylamine groups is 2. The highest BCUT2D eigenvalue weighted by atomic mass is 35.5. The number of carbonyl (C=O) groups is 2. The summed E-state index contributed by atoms with van der Waals surface area (Å²) in [4.78, 5) is 42.6. The number of anilines is 8. The van der Waals surface area contributed by atoms with Crippen LogP contribution in [-0.2, 0) is 9.68 Å². The van der Waals surface area contributed by atoms with Crippen molar-refractivity contribution in [2.75, 3.05) is 35.5 Å². The standard InChI is InChI=1S/2C20H23ClN6O2/c2*1-12(2)27-19(9-13(3)25-27)24-18-10-17(15(21)11-22-18)23-16-8-6-5-7-14(16)20(28)26-29-4/h2*5-12H,1-4H3,(H,26,28)(H2,22,23,24). The molecule has 2 amide bonds. The fraction of sp³-hybridized carbons (Fsp3) is 0.250. The van der Waals surface area contributed by atoms with Crippen LogP contribution in [0.5, 0.6) is 0 Å². The third-order valence-electron chi connectivity index (χ3n) is 8.19. The zero-order valence-corrected chi connectivity index (χ0v) is 34.8. The van der Waals surface area contributed by atoms with Gasteiger partial charge >= 0.3 is 0 Å². The Morgan fingerprint density at radius 1 is 0.586 bits per heavy atom. The van der Waals surface area contributed by atoms with E-state index < -0.39 is 0 Å². The number of nitrogens with zero attached hydrogens (tertiary/aromatic N) is 6. The summed E-state index contributed by atoms with van der Waals surface area (Å²) in [5.41, 5.74) is 9.69. The zero-order chi connectivity index (χ0) is 41.9. The summed E-state index contributed by atoms with van der Waals surface area (Å²) in [6, 6.07) is 22.0. The molecule has 0 aliphatic carbocycles. The highest BCUT2D eigenvalue weighted by Crippen LogP contribution is 2.32. The first-order valence-electron chi connectivity index (χ1n) is 18.1. The van der Waals surface area contributed by atoms with Crippen LogP contribution in [0.15, 0.2) is 85.2 Å². The number of amides is 2.